The Morgan fingerprint density at radius 2 is 2.56 bits per heavy atom. The van der Waals surface area contributed by atoms with Crippen molar-refractivity contribution in [3.8, 4) is 0 Å². The van der Waals surface area contributed by atoms with Gasteiger partial charge in [0.1, 0.15) is 0 Å². The average Bonchev–Trinajstić information content (AvgIpc) is 2.73. The smallest absolute Gasteiger partial charge is 0.220 e. The van der Waals surface area contributed by atoms with E-state index in [9.17, 15) is 4.79 Å². The van der Waals surface area contributed by atoms with E-state index in [1.54, 1.807) is 17.5 Å². The Morgan fingerprint density at radius 3 is 3.12 bits per heavy atom. The van der Waals surface area contributed by atoms with Gasteiger partial charge in [-0.2, -0.15) is 0 Å². The van der Waals surface area contributed by atoms with Crippen molar-refractivity contribution < 1.29 is 4.79 Å². The minimum absolute atomic E-state index is 0.162. The molecule has 4 nitrogen and oxygen atoms in total. The largest absolute Gasteiger partial charge is 0.355 e. The molecule has 5 heteroatoms. The van der Waals surface area contributed by atoms with E-state index in [2.05, 4.69) is 22.5 Å². The highest BCUT2D eigenvalue weighted by molar-refractivity contribution is 7.09. The summed E-state index contributed by atoms with van der Waals surface area (Å²) >= 11 is 1.64. The standard InChI is InChI=1S/C11H17N3OS/c1-8(11-13-2-3-16-11)5-14-10(15)4-9-6-12-7-9/h2-3,8-9,12H,4-7H2,1H3,(H,14,15). The summed E-state index contributed by atoms with van der Waals surface area (Å²) in [4.78, 5) is 15.8. The summed E-state index contributed by atoms with van der Waals surface area (Å²) in [6.45, 7) is 4.74. The molecule has 1 amide bonds. The maximum absolute atomic E-state index is 11.6. The van der Waals surface area contributed by atoms with E-state index in [0.29, 0.717) is 24.8 Å². The van der Waals surface area contributed by atoms with Crippen molar-refractivity contribution >= 4 is 17.2 Å². The average molecular weight is 239 g/mol. The molecule has 1 fully saturated rings. The van der Waals surface area contributed by atoms with E-state index in [1.165, 1.54) is 0 Å². The Labute approximate surface area is 99.5 Å². The van der Waals surface area contributed by atoms with Gasteiger partial charge in [0.2, 0.25) is 5.91 Å². The molecule has 0 saturated carbocycles. The second kappa shape index (κ2) is 5.41. The number of aromatic nitrogens is 1. The fourth-order valence-electron chi connectivity index (χ4n) is 1.66. The van der Waals surface area contributed by atoms with Crippen LogP contribution in [0, 0.1) is 5.92 Å². The first-order chi connectivity index (χ1) is 7.75. The lowest BCUT2D eigenvalue weighted by molar-refractivity contribution is -0.122. The van der Waals surface area contributed by atoms with Gasteiger partial charge in [-0.15, -0.1) is 11.3 Å². The molecule has 16 heavy (non-hydrogen) atoms. The molecule has 0 bridgehead atoms. The highest BCUT2D eigenvalue weighted by atomic mass is 32.1. The first-order valence-electron chi connectivity index (χ1n) is 5.62. The first-order valence-corrected chi connectivity index (χ1v) is 6.50. The number of nitrogens with zero attached hydrogens (tertiary/aromatic N) is 1. The molecule has 1 aliphatic rings. The van der Waals surface area contributed by atoms with Crippen LogP contribution in [0.2, 0.25) is 0 Å². The lowest BCUT2D eigenvalue weighted by Crippen LogP contribution is -2.44. The van der Waals surface area contributed by atoms with E-state index in [0.717, 1.165) is 18.1 Å². The normalized spacial score (nSPS) is 17.8. The number of carbonyl (C=O) groups excluding carboxylic acids is 1. The second-order valence-corrected chi connectivity index (χ2v) is 5.23. The van der Waals surface area contributed by atoms with E-state index >= 15 is 0 Å². The van der Waals surface area contributed by atoms with Gasteiger partial charge in [-0.05, 0) is 19.0 Å². The molecule has 2 heterocycles. The Morgan fingerprint density at radius 1 is 1.75 bits per heavy atom. The molecule has 0 spiro atoms. The molecule has 0 aliphatic carbocycles. The third-order valence-corrected chi connectivity index (χ3v) is 3.83. The van der Waals surface area contributed by atoms with Gasteiger partial charge in [0.25, 0.3) is 0 Å². The van der Waals surface area contributed by atoms with Crippen LogP contribution < -0.4 is 10.6 Å². The first kappa shape index (κ1) is 11.5. The number of nitrogens with one attached hydrogen (secondary N) is 2. The van der Waals surface area contributed by atoms with Crippen molar-refractivity contribution in [2.24, 2.45) is 5.92 Å². The molecule has 1 saturated heterocycles. The van der Waals surface area contributed by atoms with Crippen LogP contribution in [0.3, 0.4) is 0 Å². The van der Waals surface area contributed by atoms with Crippen molar-refractivity contribution in [2.75, 3.05) is 19.6 Å². The number of hydrogen-bond donors (Lipinski definition) is 2. The monoisotopic (exact) mass is 239 g/mol. The summed E-state index contributed by atoms with van der Waals surface area (Å²) in [5, 5.41) is 9.19. The third-order valence-electron chi connectivity index (χ3n) is 2.82. The Balaban J connectivity index is 1.68. The number of carbonyl (C=O) groups is 1. The topological polar surface area (TPSA) is 54.0 Å². The van der Waals surface area contributed by atoms with E-state index in [1.807, 2.05) is 5.38 Å². The molecule has 0 radical (unpaired) electrons. The fourth-order valence-corrected chi connectivity index (χ4v) is 2.36. The molecule has 1 aromatic heterocycles. The van der Waals surface area contributed by atoms with Crippen LogP contribution in [0.5, 0.6) is 0 Å². The molecular formula is C11H17N3OS. The van der Waals surface area contributed by atoms with Gasteiger partial charge < -0.3 is 10.6 Å². The van der Waals surface area contributed by atoms with Gasteiger partial charge in [0.15, 0.2) is 0 Å². The SMILES string of the molecule is CC(CNC(=O)CC1CNC1)c1nccs1. The van der Waals surface area contributed by atoms with Crippen LogP contribution in [0.25, 0.3) is 0 Å². The Kier molecular flexibility index (Phi) is 3.90. The summed E-state index contributed by atoms with van der Waals surface area (Å²) in [6.07, 6.45) is 2.45. The van der Waals surface area contributed by atoms with Crippen molar-refractivity contribution in [3.05, 3.63) is 16.6 Å². The van der Waals surface area contributed by atoms with Crippen LogP contribution in [-0.4, -0.2) is 30.5 Å². The van der Waals surface area contributed by atoms with Crippen molar-refractivity contribution in [1.29, 1.82) is 0 Å². The van der Waals surface area contributed by atoms with Gasteiger partial charge in [-0.3, -0.25) is 4.79 Å². The maximum Gasteiger partial charge on any atom is 0.220 e. The number of hydrogen-bond acceptors (Lipinski definition) is 4. The zero-order valence-corrected chi connectivity index (χ0v) is 10.2. The molecule has 1 atom stereocenters. The van der Waals surface area contributed by atoms with Crippen LogP contribution in [0.4, 0.5) is 0 Å². The second-order valence-electron chi connectivity index (χ2n) is 4.30. The predicted octanol–water partition coefficient (Wildman–Crippen LogP) is 0.972. The van der Waals surface area contributed by atoms with Crippen molar-refractivity contribution in [1.82, 2.24) is 15.6 Å². The van der Waals surface area contributed by atoms with Crippen molar-refractivity contribution in [2.45, 2.75) is 19.3 Å². The molecule has 1 unspecified atom stereocenters. The molecule has 2 rings (SSSR count). The molecule has 1 aliphatic heterocycles. The minimum atomic E-state index is 0.162. The molecule has 88 valence electrons. The van der Waals surface area contributed by atoms with Gasteiger partial charge in [0.05, 0.1) is 5.01 Å². The third kappa shape index (κ3) is 3.02. The molecule has 2 N–H and O–H groups in total. The summed E-state index contributed by atoms with van der Waals surface area (Å²) in [5.74, 6) is 1.01. The van der Waals surface area contributed by atoms with Gasteiger partial charge >= 0.3 is 0 Å². The predicted molar refractivity (Wildman–Crippen MR) is 64.5 cm³/mol. The van der Waals surface area contributed by atoms with E-state index in [-0.39, 0.29) is 5.91 Å². The van der Waals surface area contributed by atoms with Crippen LogP contribution in [-0.2, 0) is 4.79 Å². The summed E-state index contributed by atoms with van der Waals surface area (Å²) < 4.78 is 0. The highest BCUT2D eigenvalue weighted by Crippen LogP contribution is 2.16. The van der Waals surface area contributed by atoms with Gasteiger partial charge in [0, 0.05) is 30.5 Å². The zero-order chi connectivity index (χ0) is 11.4. The number of thiazole rings is 1. The number of amides is 1. The molecule has 1 aromatic rings. The Bertz CT molecular complexity index is 335. The summed E-state index contributed by atoms with van der Waals surface area (Å²) in [6, 6.07) is 0. The van der Waals surface area contributed by atoms with Crippen LogP contribution in [0.15, 0.2) is 11.6 Å². The fraction of sp³-hybridized carbons (Fsp3) is 0.636. The Hall–Kier alpha value is -0.940. The van der Waals surface area contributed by atoms with E-state index in [4.69, 9.17) is 0 Å². The quantitative estimate of drug-likeness (QED) is 0.805. The van der Waals surface area contributed by atoms with Crippen LogP contribution >= 0.6 is 11.3 Å². The number of rotatable bonds is 5. The van der Waals surface area contributed by atoms with Gasteiger partial charge in [-0.25, -0.2) is 4.98 Å². The van der Waals surface area contributed by atoms with Crippen molar-refractivity contribution in [3.63, 3.8) is 0 Å². The highest BCUT2D eigenvalue weighted by Gasteiger charge is 2.20. The van der Waals surface area contributed by atoms with Crippen LogP contribution in [0.1, 0.15) is 24.3 Å². The minimum Gasteiger partial charge on any atom is -0.355 e. The summed E-state index contributed by atoms with van der Waals surface area (Å²) in [5.41, 5.74) is 0. The van der Waals surface area contributed by atoms with Gasteiger partial charge in [-0.1, -0.05) is 6.92 Å². The summed E-state index contributed by atoms with van der Waals surface area (Å²) in [7, 11) is 0. The zero-order valence-electron chi connectivity index (χ0n) is 9.40. The lowest BCUT2D eigenvalue weighted by Gasteiger charge is -2.26. The lowest BCUT2D eigenvalue weighted by atomic mass is 9.99. The maximum atomic E-state index is 11.6. The van der Waals surface area contributed by atoms with E-state index < -0.39 is 0 Å². The molecular weight excluding hydrogens is 222 g/mol. The molecule has 0 aromatic carbocycles.